The number of halogens is 1. The Morgan fingerprint density at radius 1 is 1.34 bits per heavy atom. The zero-order valence-corrected chi connectivity index (χ0v) is 18.6. The van der Waals surface area contributed by atoms with E-state index in [1.165, 1.54) is 7.11 Å². The Labute approximate surface area is 181 Å². The molecule has 1 unspecified atom stereocenters. The van der Waals surface area contributed by atoms with Crippen molar-refractivity contribution < 1.29 is 14.1 Å². The number of aromatic nitrogens is 2. The Bertz CT molecular complexity index is 988. The molecular weight excluding hydrogens is 456 g/mol. The number of methoxy groups -OCH3 is 1. The van der Waals surface area contributed by atoms with Gasteiger partial charge in [-0.1, -0.05) is 5.16 Å². The number of carbonyl (C=O) groups is 1. The molecule has 0 amide bonds. The van der Waals surface area contributed by atoms with E-state index < -0.39 is 0 Å². The number of hydrogen-bond donors (Lipinski definition) is 0. The Kier molecular flexibility index (Phi) is 5.98. The molecule has 7 nitrogen and oxygen atoms in total. The minimum Gasteiger partial charge on any atom is -0.465 e. The van der Waals surface area contributed by atoms with Gasteiger partial charge < -0.3 is 14.2 Å². The molecule has 152 valence electrons. The molecule has 2 aromatic heterocycles. The van der Waals surface area contributed by atoms with Crippen LogP contribution in [0.15, 0.2) is 44.7 Å². The Morgan fingerprint density at radius 3 is 2.79 bits per heavy atom. The van der Waals surface area contributed by atoms with Crippen molar-refractivity contribution in [2.24, 2.45) is 0 Å². The largest absolute Gasteiger partial charge is 0.465 e. The number of nitrogens with zero attached hydrogens (tertiary/aromatic N) is 4. The SMILES string of the molecule is COC(=O)c1ccc(N2CCN(Cc3nc(-c4cc(Br)cs4)no3)C(C)C2)cc1. The number of ether oxygens (including phenoxy) is 1. The molecule has 1 saturated heterocycles. The number of rotatable bonds is 5. The van der Waals surface area contributed by atoms with Crippen molar-refractivity contribution in [1.29, 1.82) is 0 Å². The number of carbonyl (C=O) groups excluding carboxylic acids is 1. The summed E-state index contributed by atoms with van der Waals surface area (Å²) in [5.41, 5.74) is 1.67. The topological polar surface area (TPSA) is 71.7 Å². The van der Waals surface area contributed by atoms with E-state index in [4.69, 9.17) is 9.26 Å². The van der Waals surface area contributed by atoms with Crippen molar-refractivity contribution in [3.63, 3.8) is 0 Å². The summed E-state index contributed by atoms with van der Waals surface area (Å²) < 4.78 is 11.2. The number of hydrogen-bond acceptors (Lipinski definition) is 8. The van der Waals surface area contributed by atoms with E-state index in [0.717, 1.165) is 34.7 Å². The zero-order valence-electron chi connectivity index (χ0n) is 16.2. The zero-order chi connectivity index (χ0) is 20.4. The maximum atomic E-state index is 11.6. The number of anilines is 1. The van der Waals surface area contributed by atoms with Crippen LogP contribution in [0.3, 0.4) is 0 Å². The fourth-order valence-electron chi connectivity index (χ4n) is 3.41. The number of thiophene rings is 1. The van der Waals surface area contributed by atoms with E-state index >= 15 is 0 Å². The first-order valence-corrected chi connectivity index (χ1v) is 10.9. The fourth-order valence-corrected chi connectivity index (χ4v) is 4.77. The summed E-state index contributed by atoms with van der Waals surface area (Å²) in [7, 11) is 1.39. The molecule has 0 saturated carbocycles. The van der Waals surface area contributed by atoms with Crippen LogP contribution in [-0.4, -0.2) is 53.8 Å². The van der Waals surface area contributed by atoms with Crippen molar-refractivity contribution in [1.82, 2.24) is 15.0 Å². The average molecular weight is 477 g/mol. The van der Waals surface area contributed by atoms with Gasteiger partial charge in [0.05, 0.1) is 24.1 Å². The van der Waals surface area contributed by atoms with Crippen molar-refractivity contribution >= 4 is 38.9 Å². The fraction of sp³-hybridized carbons (Fsp3) is 0.350. The molecule has 3 heterocycles. The molecule has 1 aliphatic rings. The van der Waals surface area contributed by atoms with Crippen LogP contribution in [0.1, 0.15) is 23.2 Å². The quantitative estimate of drug-likeness (QED) is 0.514. The van der Waals surface area contributed by atoms with Gasteiger partial charge in [0.1, 0.15) is 0 Å². The molecular formula is C20H21BrN4O3S. The van der Waals surface area contributed by atoms with E-state index in [2.05, 4.69) is 42.8 Å². The van der Waals surface area contributed by atoms with E-state index in [1.54, 1.807) is 23.5 Å². The van der Waals surface area contributed by atoms with Crippen LogP contribution >= 0.6 is 27.3 Å². The average Bonchev–Trinajstić information content (AvgIpc) is 3.38. The van der Waals surface area contributed by atoms with E-state index in [1.807, 2.05) is 23.6 Å². The molecule has 0 spiro atoms. The van der Waals surface area contributed by atoms with Crippen molar-refractivity contribution in [2.45, 2.75) is 19.5 Å². The Balaban J connectivity index is 1.37. The van der Waals surface area contributed by atoms with Gasteiger partial charge in [0.15, 0.2) is 0 Å². The third-order valence-electron chi connectivity index (χ3n) is 5.01. The first kappa shape index (κ1) is 20.1. The lowest BCUT2D eigenvalue weighted by molar-refractivity contribution is 0.0600. The second kappa shape index (κ2) is 8.64. The number of piperazine rings is 1. The highest BCUT2D eigenvalue weighted by Gasteiger charge is 2.26. The predicted octanol–water partition coefficient (Wildman–Crippen LogP) is 4.06. The van der Waals surface area contributed by atoms with Gasteiger partial charge in [0.25, 0.3) is 0 Å². The molecule has 0 N–H and O–H groups in total. The molecule has 29 heavy (non-hydrogen) atoms. The van der Waals surface area contributed by atoms with Crippen molar-refractivity contribution in [3.8, 4) is 10.7 Å². The molecule has 1 atom stereocenters. The summed E-state index contributed by atoms with van der Waals surface area (Å²) in [4.78, 5) is 21.8. The van der Waals surface area contributed by atoms with Gasteiger partial charge in [-0.15, -0.1) is 11.3 Å². The summed E-state index contributed by atoms with van der Waals surface area (Å²) >= 11 is 5.04. The number of benzene rings is 1. The lowest BCUT2D eigenvalue weighted by Crippen LogP contribution is -2.51. The molecule has 4 rings (SSSR count). The maximum absolute atomic E-state index is 11.6. The van der Waals surface area contributed by atoms with Gasteiger partial charge in [0.2, 0.25) is 11.7 Å². The van der Waals surface area contributed by atoms with E-state index in [-0.39, 0.29) is 5.97 Å². The highest BCUT2D eigenvalue weighted by molar-refractivity contribution is 9.10. The highest BCUT2D eigenvalue weighted by atomic mass is 79.9. The smallest absolute Gasteiger partial charge is 0.337 e. The first-order chi connectivity index (χ1) is 14.0. The van der Waals surface area contributed by atoms with Crippen LogP contribution in [0.5, 0.6) is 0 Å². The predicted molar refractivity (Wildman–Crippen MR) is 115 cm³/mol. The van der Waals surface area contributed by atoms with E-state index in [9.17, 15) is 4.79 Å². The second-order valence-electron chi connectivity index (χ2n) is 6.94. The summed E-state index contributed by atoms with van der Waals surface area (Å²) in [6, 6.07) is 9.88. The van der Waals surface area contributed by atoms with Crippen LogP contribution in [0.2, 0.25) is 0 Å². The van der Waals surface area contributed by atoms with Crippen LogP contribution in [0, 0.1) is 0 Å². The molecule has 3 aromatic rings. The Morgan fingerprint density at radius 2 is 2.14 bits per heavy atom. The summed E-state index contributed by atoms with van der Waals surface area (Å²) in [6.07, 6.45) is 0. The molecule has 0 aliphatic carbocycles. The van der Waals surface area contributed by atoms with Crippen LogP contribution in [0.25, 0.3) is 10.7 Å². The highest BCUT2D eigenvalue weighted by Crippen LogP contribution is 2.28. The van der Waals surface area contributed by atoms with Gasteiger partial charge in [-0.2, -0.15) is 4.98 Å². The van der Waals surface area contributed by atoms with Gasteiger partial charge in [-0.05, 0) is 53.2 Å². The second-order valence-corrected chi connectivity index (χ2v) is 8.77. The normalized spacial score (nSPS) is 17.5. The summed E-state index contributed by atoms with van der Waals surface area (Å²) in [6.45, 7) is 5.50. The van der Waals surface area contributed by atoms with Crippen LogP contribution in [0.4, 0.5) is 5.69 Å². The maximum Gasteiger partial charge on any atom is 0.337 e. The Hall–Kier alpha value is -2.23. The monoisotopic (exact) mass is 476 g/mol. The minimum atomic E-state index is -0.316. The summed E-state index contributed by atoms with van der Waals surface area (Å²) in [5.74, 6) is 0.948. The molecule has 9 heteroatoms. The first-order valence-electron chi connectivity index (χ1n) is 9.28. The molecule has 1 fully saturated rings. The lowest BCUT2D eigenvalue weighted by atomic mass is 10.1. The third kappa shape index (κ3) is 4.52. The molecule has 1 aromatic carbocycles. The minimum absolute atomic E-state index is 0.316. The van der Waals surface area contributed by atoms with Gasteiger partial charge in [0, 0.05) is 41.2 Å². The van der Waals surface area contributed by atoms with Gasteiger partial charge >= 0.3 is 5.97 Å². The van der Waals surface area contributed by atoms with Crippen molar-refractivity contribution in [2.75, 3.05) is 31.6 Å². The van der Waals surface area contributed by atoms with Crippen molar-refractivity contribution in [3.05, 3.63) is 51.6 Å². The van der Waals surface area contributed by atoms with Gasteiger partial charge in [-0.25, -0.2) is 4.79 Å². The van der Waals surface area contributed by atoms with Crippen LogP contribution < -0.4 is 4.90 Å². The standard InChI is InChI=1S/C20H21BrN4O3S/c1-13-10-25(16-5-3-14(4-6-16)20(26)27-2)8-7-24(13)11-18-22-19(23-28-18)17-9-15(21)12-29-17/h3-6,9,12-13H,7-8,10-11H2,1-2H3. The van der Waals surface area contributed by atoms with E-state index in [0.29, 0.717) is 29.9 Å². The molecule has 0 radical (unpaired) electrons. The lowest BCUT2D eigenvalue weighted by Gasteiger charge is -2.40. The number of esters is 1. The van der Waals surface area contributed by atoms with Crippen LogP contribution in [-0.2, 0) is 11.3 Å². The third-order valence-corrected chi connectivity index (χ3v) is 6.70. The summed E-state index contributed by atoms with van der Waals surface area (Å²) in [5, 5.41) is 6.12. The van der Waals surface area contributed by atoms with Gasteiger partial charge in [-0.3, -0.25) is 4.90 Å². The molecule has 1 aliphatic heterocycles. The molecule has 0 bridgehead atoms.